The zero-order valence-corrected chi connectivity index (χ0v) is 18.3. The zero-order valence-electron chi connectivity index (χ0n) is 17.5. The summed E-state index contributed by atoms with van der Waals surface area (Å²) in [4.78, 5) is 40.8. The number of esters is 1. The Bertz CT molecular complexity index is 987. The van der Waals surface area contributed by atoms with Crippen molar-refractivity contribution in [2.75, 3.05) is 25.5 Å². The summed E-state index contributed by atoms with van der Waals surface area (Å²) in [6, 6.07) is 6.56. The average Bonchev–Trinajstić information content (AvgIpc) is 3.07. The Morgan fingerprint density at radius 2 is 2.00 bits per heavy atom. The summed E-state index contributed by atoms with van der Waals surface area (Å²) in [5.41, 5.74) is 7.22. The van der Waals surface area contributed by atoms with Gasteiger partial charge >= 0.3 is 5.97 Å². The lowest BCUT2D eigenvalue weighted by atomic mass is 10.1. The largest absolute Gasteiger partial charge is 0.462 e. The molecule has 0 bridgehead atoms. The van der Waals surface area contributed by atoms with Crippen LogP contribution in [0.1, 0.15) is 44.6 Å². The lowest BCUT2D eigenvalue weighted by Crippen LogP contribution is -2.28. The fourth-order valence-electron chi connectivity index (χ4n) is 2.46. The lowest BCUT2D eigenvalue weighted by molar-refractivity contribution is -0.116. The molecule has 12 heteroatoms. The highest BCUT2D eigenvalue weighted by Crippen LogP contribution is 2.23. The molecule has 1 aromatic carbocycles. The van der Waals surface area contributed by atoms with Crippen LogP contribution in [0.25, 0.3) is 0 Å². The van der Waals surface area contributed by atoms with Gasteiger partial charge in [0.15, 0.2) is 11.0 Å². The van der Waals surface area contributed by atoms with E-state index in [1.807, 2.05) is 0 Å². The Morgan fingerprint density at radius 1 is 1.29 bits per heavy atom. The second kappa shape index (κ2) is 11.0. The number of hydrogen-bond donors (Lipinski definition) is 4. The van der Waals surface area contributed by atoms with Crippen LogP contribution in [0.5, 0.6) is 0 Å². The number of nitrogens with one attached hydrogen (secondary N) is 2. The van der Waals surface area contributed by atoms with Gasteiger partial charge < -0.3 is 21.1 Å². The number of hydrazine groups is 1. The minimum atomic E-state index is -0.476. The van der Waals surface area contributed by atoms with Gasteiger partial charge in [0.1, 0.15) is 4.88 Å². The maximum atomic E-state index is 12.3. The summed E-state index contributed by atoms with van der Waals surface area (Å²) in [5.74, 6) is 4.42. The van der Waals surface area contributed by atoms with Crippen molar-refractivity contribution in [1.82, 2.24) is 15.4 Å². The number of amides is 2. The lowest BCUT2D eigenvalue weighted by Gasteiger charge is -2.09. The number of hydrogen-bond acceptors (Lipinski definition) is 9. The van der Waals surface area contributed by atoms with Crippen molar-refractivity contribution in [2.24, 2.45) is 16.7 Å². The van der Waals surface area contributed by atoms with Crippen molar-refractivity contribution in [2.45, 2.75) is 20.3 Å². The molecule has 0 saturated heterocycles. The number of ether oxygens (including phenoxy) is 1. The maximum Gasteiger partial charge on any atom is 0.350 e. The number of benzene rings is 1. The molecule has 2 rings (SSSR count). The molecular formula is C19H25N7O4S. The predicted octanol–water partition coefficient (Wildman–Crippen LogP) is 0.813. The second-order valence-electron chi connectivity index (χ2n) is 6.35. The molecule has 0 atom stereocenters. The third kappa shape index (κ3) is 7.04. The number of thiazole rings is 1. The van der Waals surface area contributed by atoms with E-state index < -0.39 is 5.97 Å². The number of anilines is 1. The summed E-state index contributed by atoms with van der Waals surface area (Å²) in [6.45, 7) is 3.74. The van der Waals surface area contributed by atoms with Crippen molar-refractivity contribution in [1.29, 1.82) is 0 Å². The number of carbonyl (C=O) groups excluding carboxylic acids is 3. The van der Waals surface area contributed by atoms with E-state index in [1.54, 1.807) is 38.1 Å². The maximum absolute atomic E-state index is 12.3. The fourth-order valence-corrected chi connectivity index (χ4v) is 3.33. The Kier molecular flexibility index (Phi) is 8.46. The molecule has 31 heavy (non-hydrogen) atoms. The Morgan fingerprint density at radius 3 is 2.68 bits per heavy atom. The summed E-state index contributed by atoms with van der Waals surface area (Å²) < 4.78 is 4.95. The smallest absolute Gasteiger partial charge is 0.350 e. The Hall–Kier alpha value is -3.51. The molecule has 0 unspecified atom stereocenters. The predicted molar refractivity (Wildman–Crippen MR) is 118 cm³/mol. The van der Waals surface area contributed by atoms with Gasteiger partial charge in [-0.15, -0.1) is 5.10 Å². The van der Waals surface area contributed by atoms with E-state index in [9.17, 15) is 14.4 Å². The van der Waals surface area contributed by atoms with Crippen LogP contribution in [0.2, 0.25) is 0 Å². The molecule has 1 heterocycles. The fraction of sp³-hybridized carbons (Fsp3) is 0.316. The molecule has 0 spiro atoms. The molecule has 0 saturated carbocycles. The third-order valence-corrected chi connectivity index (χ3v) is 4.88. The molecule has 0 aliphatic carbocycles. The van der Waals surface area contributed by atoms with E-state index in [-0.39, 0.29) is 37.2 Å². The number of nitrogens with two attached hydrogens (primary N) is 2. The van der Waals surface area contributed by atoms with Crippen LogP contribution in [-0.4, -0.2) is 53.9 Å². The van der Waals surface area contributed by atoms with E-state index in [0.29, 0.717) is 26.8 Å². The minimum absolute atomic E-state index is 0.0281. The van der Waals surface area contributed by atoms with Crippen molar-refractivity contribution < 1.29 is 19.1 Å². The van der Waals surface area contributed by atoms with E-state index in [4.69, 9.17) is 16.3 Å². The molecular weight excluding hydrogens is 422 g/mol. The molecule has 11 nitrogen and oxygen atoms in total. The molecule has 6 N–H and O–H groups in total. The van der Waals surface area contributed by atoms with Crippen LogP contribution in [0.3, 0.4) is 0 Å². The first kappa shape index (κ1) is 23.8. The van der Waals surface area contributed by atoms with E-state index in [1.165, 1.54) is 7.05 Å². The van der Waals surface area contributed by atoms with Crippen LogP contribution in [0.4, 0.5) is 5.13 Å². The number of aromatic nitrogens is 1. The van der Waals surface area contributed by atoms with E-state index >= 15 is 0 Å². The van der Waals surface area contributed by atoms with Gasteiger partial charge in [-0.1, -0.05) is 23.5 Å². The van der Waals surface area contributed by atoms with Crippen molar-refractivity contribution >= 4 is 40.1 Å². The molecule has 1 aromatic heterocycles. The van der Waals surface area contributed by atoms with Gasteiger partial charge in [0, 0.05) is 31.1 Å². The highest BCUT2D eigenvalue weighted by molar-refractivity contribution is 7.17. The van der Waals surface area contributed by atoms with Crippen LogP contribution < -0.4 is 22.2 Å². The highest BCUT2D eigenvalue weighted by atomic mass is 32.1. The summed E-state index contributed by atoms with van der Waals surface area (Å²) in [5, 5.41) is 10.5. The molecule has 0 fully saturated rings. The van der Waals surface area contributed by atoms with Gasteiger partial charge in [-0.05, 0) is 26.0 Å². The van der Waals surface area contributed by atoms with Crippen LogP contribution in [0.15, 0.2) is 29.4 Å². The number of carbonyl (C=O) groups is 3. The normalized spacial score (nSPS) is 11.0. The van der Waals surface area contributed by atoms with Gasteiger partial charge in [0.05, 0.1) is 12.3 Å². The van der Waals surface area contributed by atoms with Crippen molar-refractivity contribution in [3.05, 3.63) is 46.0 Å². The number of amidine groups is 1. The zero-order chi connectivity index (χ0) is 23.0. The Labute approximate surface area is 183 Å². The topological polar surface area (TPSA) is 165 Å². The van der Waals surface area contributed by atoms with Crippen LogP contribution in [-0.2, 0) is 9.53 Å². The van der Waals surface area contributed by atoms with E-state index in [2.05, 4.69) is 20.7 Å². The molecule has 0 radical (unpaired) electrons. The summed E-state index contributed by atoms with van der Waals surface area (Å²) >= 11 is 1.04. The van der Waals surface area contributed by atoms with Crippen LogP contribution in [0, 0.1) is 6.92 Å². The number of rotatable bonds is 9. The molecule has 166 valence electrons. The van der Waals surface area contributed by atoms with Gasteiger partial charge in [0.2, 0.25) is 5.91 Å². The quantitative estimate of drug-likeness (QED) is 0.144. The highest BCUT2D eigenvalue weighted by Gasteiger charge is 2.17. The number of nitrogens with zero attached hydrogens (tertiary/aromatic N) is 3. The minimum Gasteiger partial charge on any atom is -0.462 e. The molecule has 0 aliphatic heterocycles. The van der Waals surface area contributed by atoms with Crippen LogP contribution >= 0.6 is 11.3 Å². The summed E-state index contributed by atoms with van der Waals surface area (Å²) in [7, 11) is 1.53. The number of aryl methyl sites for hydroxylation is 1. The monoisotopic (exact) mass is 447 g/mol. The number of hydrazone groups is 1. The van der Waals surface area contributed by atoms with Crippen molar-refractivity contribution in [3.8, 4) is 0 Å². The molecule has 2 amide bonds. The van der Waals surface area contributed by atoms with E-state index in [0.717, 1.165) is 16.5 Å². The van der Waals surface area contributed by atoms with Gasteiger partial charge in [-0.3, -0.25) is 9.59 Å². The Balaban J connectivity index is 1.88. The van der Waals surface area contributed by atoms with Gasteiger partial charge in [-0.2, -0.15) is 0 Å². The van der Waals surface area contributed by atoms with Gasteiger partial charge in [-0.25, -0.2) is 20.7 Å². The first-order valence-electron chi connectivity index (χ1n) is 9.36. The standard InChI is InChI=1S/C19H25N7O4S/c1-4-30-18(29)15-11(2)23-19(31-15)24-14(27)8-9-22-17(28)13-7-5-6-12(10-13)16(20)25-26(3)21/h5-7,10H,4,8-9,21H2,1-3H3,(H2,20,25)(H,22,28)(H,23,24,27). The second-order valence-corrected chi connectivity index (χ2v) is 7.35. The average molecular weight is 448 g/mol. The SMILES string of the molecule is CCOC(=O)c1sc(NC(=O)CCNC(=O)c2cccc(/C(N)=N/N(C)N)c2)nc1C. The summed E-state index contributed by atoms with van der Waals surface area (Å²) in [6.07, 6.45) is 0.0281. The first-order chi connectivity index (χ1) is 14.7. The molecule has 0 aliphatic rings. The van der Waals surface area contributed by atoms with Crippen molar-refractivity contribution in [3.63, 3.8) is 0 Å². The first-order valence-corrected chi connectivity index (χ1v) is 10.2. The van der Waals surface area contributed by atoms with Gasteiger partial charge in [0.25, 0.3) is 5.91 Å². The molecule has 2 aromatic rings. The third-order valence-electron chi connectivity index (χ3n) is 3.83.